The third-order valence-electron chi connectivity index (χ3n) is 4.23. The van der Waals surface area contributed by atoms with E-state index in [0.29, 0.717) is 12.5 Å². The van der Waals surface area contributed by atoms with Crippen molar-refractivity contribution in [3.63, 3.8) is 0 Å². The van der Waals surface area contributed by atoms with Crippen LogP contribution in [0.25, 0.3) is 10.8 Å². The molecule has 0 bridgehead atoms. The van der Waals surface area contributed by atoms with Crippen LogP contribution in [0.1, 0.15) is 5.69 Å². The van der Waals surface area contributed by atoms with E-state index in [-0.39, 0.29) is 0 Å². The maximum atomic E-state index is 5.78. The second-order valence-electron chi connectivity index (χ2n) is 5.93. The first-order valence-corrected chi connectivity index (χ1v) is 7.81. The van der Waals surface area contributed by atoms with Crippen molar-refractivity contribution in [1.29, 1.82) is 0 Å². The first-order chi connectivity index (χ1) is 11.3. The zero-order valence-electron chi connectivity index (χ0n) is 13.0. The Kier molecular flexibility index (Phi) is 3.54. The number of fused-ring (bicyclic) bond motifs is 1. The van der Waals surface area contributed by atoms with Crippen molar-refractivity contribution in [3.05, 3.63) is 54.5 Å². The molecule has 2 aromatic heterocycles. The fourth-order valence-corrected chi connectivity index (χ4v) is 2.95. The molecular formula is C18H18N4O. The first-order valence-electron chi connectivity index (χ1n) is 7.81. The summed E-state index contributed by atoms with van der Waals surface area (Å²) >= 11 is 0. The molecule has 3 aromatic rings. The van der Waals surface area contributed by atoms with E-state index in [1.54, 1.807) is 12.4 Å². The lowest BCUT2D eigenvalue weighted by Crippen LogP contribution is -2.49. The molecule has 0 spiro atoms. The zero-order chi connectivity index (χ0) is 15.6. The van der Waals surface area contributed by atoms with Gasteiger partial charge in [-0.05, 0) is 19.1 Å². The Hall–Kier alpha value is -2.69. The highest BCUT2D eigenvalue weighted by atomic mass is 16.5. The number of benzene rings is 1. The van der Waals surface area contributed by atoms with Crippen LogP contribution in [0.3, 0.4) is 0 Å². The van der Waals surface area contributed by atoms with Crippen LogP contribution in [0.5, 0.6) is 5.75 Å². The normalized spacial score (nSPS) is 14.7. The van der Waals surface area contributed by atoms with Gasteiger partial charge in [-0.2, -0.15) is 5.10 Å². The largest absolute Gasteiger partial charge is 0.492 e. The third-order valence-corrected chi connectivity index (χ3v) is 4.23. The van der Waals surface area contributed by atoms with Gasteiger partial charge in [-0.1, -0.05) is 24.3 Å². The third kappa shape index (κ3) is 2.70. The van der Waals surface area contributed by atoms with Gasteiger partial charge in [0.25, 0.3) is 0 Å². The van der Waals surface area contributed by atoms with Gasteiger partial charge in [0.2, 0.25) is 0 Å². The average Bonchev–Trinajstić information content (AvgIpc) is 2.56. The summed E-state index contributed by atoms with van der Waals surface area (Å²) in [7, 11) is 0. The lowest BCUT2D eigenvalue weighted by atomic mass is 10.00. The number of hydrogen-bond donors (Lipinski definition) is 0. The van der Waals surface area contributed by atoms with E-state index in [2.05, 4.69) is 38.3 Å². The second-order valence-corrected chi connectivity index (χ2v) is 5.93. The fraction of sp³-hybridized carbons (Fsp3) is 0.278. The van der Waals surface area contributed by atoms with Gasteiger partial charge in [0.05, 0.1) is 18.5 Å². The zero-order valence-corrected chi connectivity index (χ0v) is 13.0. The van der Waals surface area contributed by atoms with Gasteiger partial charge in [-0.25, -0.2) is 0 Å². The van der Waals surface area contributed by atoms with Crippen molar-refractivity contribution in [1.82, 2.24) is 15.2 Å². The molecule has 0 atom stereocenters. The summed E-state index contributed by atoms with van der Waals surface area (Å²) in [6.07, 6.45) is 3.49. The number of anilines is 1. The summed E-state index contributed by atoms with van der Waals surface area (Å²) in [4.78, 5) is 6.33. The summed E-state index contributed by atoms with van der Waals surface area (Å²) in [5, 5.41) is 11.1. The first kappa shape index (κ1) is 13.9. The molecule has 1 saturated heterocycles. The summed E-state index contributed by atoms with van der Waals surface area (Å²) in [5.74, 6) is 2.31. The Balaban J connectivity index is 1.43. The molecule has 1 fully saturated rings. The van der Waals surface area contributed by atoms with Gasteiger partial charge >= 0.3 is 0 Å². The second kappa shape index (κ2) is 5.83. The smallest absolute Gasteiger partial charge is 0.159 e. The van der Waals surface area contributed by atoms with E-state index in [0.717, 1.165) is 30.4 Å². The Bertz CT molecular complexity index is 816. The van der Waals surface area contributed by atoms with Crippen molar-refractivity contribution < 1.29 is 4.74 Å². The summed E-state index contributed by atoms with van der Waals surface area (Å²) in [6, 6.07) is 12.1. The van der Waals surface area contributed by atoms with Crippen LogP contribution in [-0.4, -0.2) is 34.9 Å². The lowest BCUT2D eigenvalue weighted by Gasteiger charge is -2.40. The monoisotopic (exact) mass is 306 g/mol. The molecule has 1 aliphatic rings. The van der Waals surface area contributed by atoms with Crippen LogP contribution in [0, 0.1) is 12.8 Å². The van der Waals surface area contributed by atoms with E-state index in [1.807, 2.05) is 25.1 Å². The van der Waals surface area contributed by atoms with Crippen molar-refractivity contribution in [2.24, 2.45) is 5.92 Å². The molecule has 4 rings (SSSR count). The van der Waals surface area contributed by atoms with E-state index in [1.165, 1.54) is 10.8 Å². The summed E-state index contributed by atoms with van der Waals surface area (Å²) in [5.41, 5.74) is 0.973. The molecule has 5 heteroatoms. The Morgan fingerprint density at radius 1 is 1.09 bits per heavy atom. The summed E-state index contributed by atoms with van der Waals surface area (Å²) < 4.78 is 5.78. The minimum absolute atomic E-state index is 0.511. The van der Waals surface area contributed by atoms with Gasteiger partial charge in [-0.15, -0.1) is 5.10 Å². The van der Waals surface area contributed by atoms with E-state index in [9.17, 15) is 0 Å². The number of ether oxygens (including phenoxy) is 1. The minimum Gasteiger partial charge on any atom is -0.492 e. The number of aromatic nitrogens is 3. The number of rotatable bonds is 4. The fourth-order valence-electron chi connectivity index (χ4n) is 2.95. The molecule has 0 aliphatic carbocycles. The van der Waals surface area contributed by atoms with Gasteiger partial charge in [0, 0.05) is 36.0 Å². The number of aryl methyl sites for hydroxylation is 1. The number of nitrogens with zero attached hydrogens (tertiary/aromatic N) is 4. The molecule has 0 unspecified atom stereocenters. The highest BCUT2D eigenvalue weighted by molar-refractivity contribution is 5.93. The van der Waals surface area contributed by atoms with Gasteiger partial charge in [0.15, 0.2) is 5.82 Å². The molecular weight excluding hydrogens is 288 g/mol. The summed E-state index contributed by atoms with van der Waals surface area (Å²) in [6.45, 7) is 4.60. The minimum atomic E-state index is 0.511. The lowest BCUT2D eigenvalue weighted by molar-refractivity contribution is 0.219. The quantitative estimate of drug-likeness (QED) is 0.742. The molecule has 0 amide bonds. The van der Waals surface area contributed by atoms with Crippen molar-refractivity contribution in [2.45, 2.75) is 6.92 Å². The maximum Gasteiger partial charge on any atom is 0.159 e. The Morgan fingerprint density at radius 3 is 2.70 bits per heavy atom. The molecule has 0 radical (unpaired) electrons. The standard InChI is InChI=1S/C18H18N4O/c1-13-16-6-2-3-7-17(16)18(21-20-13)22-10-14(11-22)12-23-15-5-4-8-19-9-15/h2-9,14H,10-12H2,1H3. The van der Waals surface area contributed by atoms with E-state index < -0.39 is 0 Å². The highest BCUT2D eigenvalue weighted by Crippen LogP contribution is 2.30. The van der Waals surface area contributed by atoms with E-state index >= 15 is 0 Å². The predicted molar refractivity (Wildman–Crippen MR) is 89.7 cm³/mol. The molecule has 1 aliphatic heterocycles. The average molecular weight is 306 g/mol. The van der Waals surface area contributed by atoms with Crippen LogP contribution >= 0.6 is 0 Å². The van der Waals surface area contributed by atoms with Crippen LogP contribution < -0.4 is 9.64 Å². The van der Waals surface area contributed by atoms with Crippen LogP contribution in [0.4, 0.5) is 5.82 Å². The number of pyridine rings is 1. The highest BCUT2D eigenvalue weighted by Gasteiger charge is 2.29. The van der Waals surface area contributed by atoms with Crippen LogP contribution in [0.2, 0.25) is 0 Å². The van der Waals surface area contributed by atoms with Crippen LogP contribution in [0.15, 0.2) is 48.8 Å². The van der Waals surface area contributed by atoms with Gasteiger partial charge in [0.1, 0.15) is 5.75 Å². The molecule has 3 heterocycles. The molecule has 1 aromatic carbocycles. The molecule has 23 heavy (non-hydrogen) atoms. The predicted octanol–water partition coefficient (Wildman–Crippen LogP) is 2.85. The Morgan fingerprint density at radius 2 is 1.91 bits per heavy atom. The molecule has 0 N–H and O–H groups in total. The van der Waals surface area contributed by atoms with Crippen LogP contribution in [-0.2, 0) is 0 Å². The maximum absolute atomic E-state index is 5.78. The topological polar surface area (TPSA) is 51.1 Å². The molecule has 0 saturated carbocycles. The van der Waals surface area contributed by atoms with Crippen molar-refractivity contribution >= 4 is 16.6 Å². The Labute approximate surface area is 134 Å². The SMILES string of the molecule is Cc1nnc(N2CC(COc3cccnc3)C2)c2ccccc12. The van der Waals surface area contributed by atoms with Crippen molar-refractivity contribution in [3.8, 4) is 5.75 Å². The van der Waals surface area contributed by atoms with Gasteiger partial charge in [-0.3, -0.25) is 4.98 Å². The van der Waals surface area contributed by atoms with Crippen molar-refractivity contribution in [2.75, 3.05) is 24.6 Å². The molecule has 116 valence electrons. The molecule has 5 nitrogen and oxygen atoms in total. The van der Waals surface area contributed by atoms with Gasteiger partial charge < -0.3 is 9.64 Å². The number of hydrogen-bond acceptors (Lipinski definition) is 5. The van der Waals surface area contributed by atoms with E-state index in [4.69, 9.17) is 4.74 Å².